The van der Waals surface area contributed by atoms with Gasteiger partial charge in [-0.2, -0.15) is 0 Å². The van der Waals surface area contributed by atoms with Crippen LogP contribution in [0.25, 0.3) is 0 Å². The van der Waals surface area contributed by atoms with Crippen LogP contribution in [0.2, 0.25) is 0 Å². The Hall–Kier alpha value is -1.06. The van der Waals surface area contributed by atoms with Gasteiger partial charge in [0.15, 0.2) is 0 Å². The molecule has 0 aliphatic heterocycles. The molecular formula is C11H17NO3. The lowest BCUT2D eigenvalue weighted by molar-refractivity contribution is -0.162. The first-order chi connectivity index (χ1) is 6.98. The molecule has 3 saturated carbocycles. The predicted octanol–water partition coefficient (Wildman–Crippen LogP) is 1.30. The zero-order valence-electron chi connectivity index (χ0n) is 9.01. The van der Waals surface area contributed by atoms with Crippen LogP contribution >= 0.6 is 0 Å². The summed E-state index contributed by atoms with van der Waals surface area (Å²) < 4.78 is 0. The third kappa shape index (κ3) is 1.62. The third-order valence-corrected chi connectivity index (χ3v) is 3.81. The van der Waals surface area contributed by atoms with Crippen molar-refractivity contribution in [2.45, 2.75) is 51.0 Å². The van der Waals surface area contributed by atoms with Gasteiger partial charge >= 0.3 is 5.97 Å². The molecule has 2 bridgehead atoms. The van der Waals surface area contributed by atoms with E-state index in [0.29, 0.717) is 12.8 Å². The van der Waals surface area contributed by atoms with Gasteiger partial charge in [-0.3, -0.25) is 9.59 Å². The lowest BCUT2D eigenvalue weighted by atomic mass is 9.56. The van der Waals surface area contributed by atoms with Crippen molar-refractivity contribution >= 4 is 11.9 Å². The highest BCUT2D eigenvalue weighted by Crippen LogP contribution is 2.56. The zero-order valence-corrected chi connectivity index (χ0v) is 9.01. The van der Waals surface area contributed by atoms with E-state index < -0.39 is 11.4 Å². The van der Waals surface area contributed by atoms with Crippen molar-refractivity contribution in [1.29, 1.82) is 0 Å². The van der Waals surface area contributed by atoms with Crippen LogP contribution in [0.3, 0.4) is 0 Å². The molecule has 84 valence electrons. The Bertz CT molecular complexity index is 305. The summed E-state index contributed by atoms with van der Waals surface area (Å²) in [5.74, 6) is -0.735. The molecule has 4 heteroatoms. The number of carboxylic acid groups (broad SMARTS) is 1. The van der Waals surface area contributed by atoms with Gasteiger partial charge in [-0.1, -0.05) is 12.8 Å². The lowest BCUT2D eigenvalue weighted by Gasteiger charge is -2.52. The number of fused-ring (bicyclic) bond motifs is 3. The molecule has 0 saturated heterocycles. The molecule has 0 atom stereocenters. The Labute approximate surface area is 89.0 Å². The van der Waals surface area contributed by atoms with E-state index in [2.05, 4.69) is 5.32 Å². The molecule has 2 N–H and O–H groups in total. The monoisotopic (exact) mass is 211 g/mol. The Balaban J connectivity index is 2.13. The van der Waals surface area contributed by atoms with Gasteiger partial charge in [0.05, 0.1) is 5.41 Å². The fraction of sp³-hybridized carbons (Fsp3) is 0.818. The van der Waals surface area contributed by atoms with Gasteiger partial charge in [-0.15, -0.1) is 0 Å². The summed E-state index contributed by atoms with van der Waals surface area (Å²) in [4.78, 5) is 22.3. The van der Waals surface area contributed by atoms with Crippen LogP contribution in [0.4, 0.5) is 0 Å². The molecule has 15 heavy (non-hydrogen) atoms. The van der Waals surface area contributed by atoms with E-state index in [1.54, 1.807) is 0 Å². The summed E-state index contributed by atoms with van der Waals surface area (Å²) in [5, 5.41) is 12.1. The van der Waals surface area contributed by atoms with Crippen LogP contribution in [-0.2, 0) is 9.59 Å². The van der Waals surface area contributed by atoms with Crippen molar-refractivity contribution in [3.8, 4) is 0 Å². The summed E-state index contributed by atoms with van der Waals surface area (Å²) in [5.41, 5.74) is -0.750. The molecule has 0 spiro atoms. The first-order valence-electron chi connectivity index (χ1n) is 5.50. The minimum absolute atomic E-state index is 0.0455. The number of amides is 1. The maximum absolute atomic E-state index is 11.2. The molecule has 3 aliphatic rings. The van der Waals surface area contributed by atoms with E-state index in [4.69, 9.17) is 0 Å². The van der Waals surface area contributed by atoms with Crippen molar-refractivity contribution in [2.75, 3.05) is 0 Å². The van der Waals surface area contributed by atoms with Crippen LogP contribution < -0.4 is 5.32 Å². The lowest BCUT2D eigenvalue weighted by Crippen LogP contribution is -2.63. The summed E-state index contributed by atoms with van der Waals surface area (Å²) in [7, 11) is 0. The maximum atomic E-state index is 11.2. The molecule has 1 amide bonds. The normalized spacial score (nSPS) is 38.7. The quantitative estimate of drug-likeness (QED) is 0.723. The molecule has 0 aromatic rings. The van der Waals surface area contributed by atoms with E-state index in [1.807, 2.05) is 0 Å². The van der Waals surface area contributed by atoms with Crippen LogP contribution in [0.15, 0.2) is 0 Å². The predicted molar refractivity (Wildman–Crippen MR) is 54.3 cm³/mol. The Morgan fingerprint density at radius 1 is 1.20 bits per heavy atom. The first-order valence-corrected chi connectivity index (χ1v) is 5.50. The van der Waals surface area contributed by atoms with Gasteiger partial charge in [0.1, 0.15) is 0 Å². The highest BCUT2D eigenvalue weighted by atomic mass is 16.4. The second-order valence-electron chi connectivity index (χ2n) is 5.11. The number of carboxylic acids is 1. The highest BCUT2D eigenvalue weighted by molar-refractivity contribution is 5.79. The van der Waals surface area contributed by atoms with Crippen molar-refractivity contribution in [1.82, 2.24) is 5.32 Å². The fourth-order valence-corrected chi connectivity index (χ4v) is 3.31. The minimum atomic E-state index is -0.689. The topological polar surface area (TPSA) is 66.4 Å². The largest absolute Gasteiger partial charge is 0.481 e. The Morgan fingerprint density at radius 2 is 1.80 bits per heavy atom. The Kier molecular flexibility index (Phi) is 2.24. The van der Waals surface area contributed by atoms with Gasteiger partial charge in [-0.05, 0) is 25.7 Å². The number of aliphatic carboxylic acids is 1. The number of carbonyl (C=O) groups excluding carboxylic acids is 1. The molecule has 3 rings (SSSR count). The number of hydrogen-bond acceptors (Lipinski definition) is 2. The zero-order chi connectivity index (χ0) is 11.1. The van der Waals surface area contributed by atoms with Crippen LogP contribution in [0.1, 0.15) is 45.4 Å². The van der Waals surface area contributed by atoms with E-state index in [-0.39, 0.29) is 11.4 Å². The van der Waals surface area contributed by atoms with Crippen LogP contribution in [0.5, 0.6) is 0 Å². The summed E-state index contributed by atoms with van der Waals surface area (Å²) in [6.07, 6.45) is 4.93. The van der Waals surface area contributed by atoms with Gasteiger partial charge < -0.3 is 10.4 Å². The van der Waals surface area contributed by atoms with Gasteiger partial charge in [0.2, 0.25) is 5.91 Å². The smallest absolute Gasteiger partial charge is 0.309 e. The third-order valence-electron chi connectivity index (χ3n) is 3.81. The molecule has 0 unspecified atom stereocenters. The summed E-state index contributed by atoms with van der Waals surface area (Å²) in [6.45, 7) is 1.50. The van der Waals surface area contributed by atoms with Crippen molar-refractivity contribution in [3.05, 3.63) is 0 Å². The van der Waals surface area contributed by atoms with Gasteiger partial charge in [-0.25, -0.2) is 0 Å². The van der Waals surface area contributed by atoms with E-state index >= 15 is 0 Å². The van der Waals surface area contributed by atoms with E-state index in [9.17, 15) is 14.7 Å². The minimum Gasteiger partial charge on any atom is -0.481 e. The molecule has 3 aliphatic carbocycles. The van der Waals surface area contributed by atoms with E-state index in [1.165, 1.54) is 6.92 Å². The molecule has 0 heterocycles. The van der Waals surface area contributed by atoms with Crippen LogP contribution in [-0.4, -0.2) is 22.5 Å². The number of nitrogens with one attached hydrogen (secondary N) is 1. The average molecular weight is 211 g/mol. The maximum Gasteiger partial charge on any atom is 0.309 e. The van der Waals surface area contributed by atoms with Crippen molar-refractivity contribution < 1.29 is 14.7 Å². The highest BCUT2D eigenvalue weighted by Gasteiger charge is 2.59. The first kappa shape index (κ1) is 10.5. The molecule has 0 radical (unpaired) electrons. The number of carbonyl (C=O) groups is 2. The van der Waals surface area contributed by atoms with Crippen molar-refractivity contribution in [2.24, 2.45) is 5.41 Å². The van der Waals surface area contributed by atoms with Crippen molar-refractivity contribution in [3.63, 3.8) is 0 Å². The second kappa shape index (κ2) is 3.22. The average Bonchev–Trinajstić information content (AvgIpc) is 2.32. The SMILES string of the molecule is CC(=O)NC12CCCCC(C(=O)O)(C1)C2. The fourth-order valence-electron chi connectivity index (χ4n) is 3.31. The molecular weight excluding hydrogens is 194 g/mol. The molecule has 3 fully saturated rings. The second-order valence-corrected chi connectivity index (χ2v) is 5.11. The Morgan fingerprint density at radius 3 is 2.33 bits per heavy atom. The molecule has 0 aromatic carbocycles. The van der Waals surface area contributed by atoms with Crippen LogP contribution in [0, 0.1) is 5.41 Å². The van der Waals surface area contributed by atoms with Gasteiger partial charge in [0, 0.05) is 12.5 Å². The standard InChI is InChI=1S/C11H17NO3/c1-8(13)12-11-5-3-2-4-10(6-11,7-11)9(14)15/h2-7H2,1H3,(H,12,13)(H,14,15). The molecule has 4 nitrogen and oxygen atoms in total. The molecule has 0 aromatic heterocycles. The van der Waals surface area contributed by atoms with E-state index in [0.717, 1.165) is 25.7 Å². The summed E-state index contributed by atoms with van der Waals surface area (Å²) in [6, 6.07) is 0. The van der Waals surface area contributed by atoms with Gasteiger partial charge in [0.25, 0.3) is 0 Å². The summed E-state index contributed by atoms with van der Waals surface area (Å²) >= 11 is 0. The number of hydrogen-bond donors (Lipinski definition) is 2. The number of rotatable bonds is 2.